The third kappa shape index (κ3) is 15.4. The number of aromatic nitrogens is 4. The predicted octanol–water partition coefficient (Wildman–Crippen LogP) is 10.6. The van der Waals surface area contributed by atoms with E-state index in [-0.39, 0.29) is 22.8 Å². The highest BCUT2D eigenvalue weighted by Crippen LogP contribution is 2.16. The van der Waals surface area contributed by atoms with Crippen LogP contribution in [-0.2, 0) is 26.3 Å². The molecule has 57 heavy (non-hydrogen) atoms. The Kier molecular flexibility index (Phi) is 24.1. The molecule has 6 aromatic rings. The van der Waals surface area contributed by atoms with Crippen molar-refractivity contribution in [1.82, 2.24) is 19.1 Å². The lowest BCUT2D eigenvalue weighted by Gasteiger charge is -2.14. The first-order chi connectivity index (χ1) is 27.8. The van der Waals surface area contributed by atoms with Crippen LogP contribution in [-0.4, -0.2) is 19.1 Å². The number of ether oxygens (including phenoxy) is 2. The standard InChI is InChI=1S/C20H17N3O2.C20H20N2O2.4C2H6/c1-15-19(25-14-17-10-6-3-7-11-17)22-18(12-21)23(20(15)24)13-16-8-4-2-5-9-16;1-15-19(24-14-18-11-7-4-8-12-18)21-16(2)22(20(15)23)13-17-9-5-3-6-10-17;4*1-2/h2-11H,13-14H2,1H3;3-12H,13-14H2,1-2H3;4*1-2H3. The Morgan fingerprint density at radius 3 is 1.18 bits per heavy atom. The lowest BCUT2D eigenvalue weighted by atomic mass is 10.2. The maximum atomic E-state index is 12.7. The van der Waals surface area contributed by atoms with E-state index in [4.69, 9.17) is 9.47 Å². The zero-order valence-electron chi connectivity index (χ0n) is 35.7. The number of hydrogen-bond acceptors (Lipinski definition) is 7. The fourth-order valence-electron chi connectivity index (χ4n) is 5.05. The van der Waals surface area contributed by atoms with Crippen LogP contribution in [0.3, 0.4) is 0 Å². The first-order valence-corrected chi connectivity index (χ1v) is 19.8. The second-order valence-electron chi connectivity index (χ2n) is 11.4. The predicted molar refractivity (Wildman–Crippen MR) is 234 cm³/mol. The highest BCUT2D eigenvalue weighted by molar-refractivity contribution is 5.29. The summed E-state index contributed by atoms with van der Waals surface area (Å²) in [4.78, 5) is 34.1. The van der Waals surface area contributed by atoms with E-state index in [2.05, 4.69) is 9.97 Å². The summed E-state index contributed by atoms with van der Waals surface area (Å²) in [6, 6.07) is 40.8. The maximum Gasteiger partial charge on any atom is 0.261 e. The van der Waals surface area contributed by atoms with Crippen LogP contribution in [0.1, 0.15) is 100 Å². The summed E-state index contributed by atoms with van der Waals surface area (Å²) in [5, 5.41) is 9.39. The summed E-state index contributed by atoms with van der Waals surface area (Å²) < 4.78 is 14.5. The minimum absolute atomic E-state index is 0.0440. The Morgan fingerprint density at radius 2 is 0.807 bits per heavy atom. The van der Waals surface area contributed by atoms with E-state index in [0.717, 1.165) is 22.3 Å². The average molecular weight is 772 g/mol. The van der Waals surface area contributed by atoms with Crippen molar-refractivity contribution in [3.05, 3.63) is 187 Å². The molecule has 0 bridgehead atoms. The van der Waals surface area contributed by atoms with Crippen molar-refractivity contribution in [3.63, 3.8) is 0 Å². The van der Waals surface area contributed by atoms with Gasteiger partial charge < -0.3 is 9.47 Å². The molecule has 302 valence electrons. The van der Waals surface area contributed by atoms with E-state index in [9.17, 15) is 14.9 Å². The Hall–Kier alpha value is -6.27. The van der Waals surface area contributed by atoms with Crippen molar-refractivity contribution in [1.29, 1.82) is 5.26 Å². The molecule has 0 fully saturated rings. The van der Waals surface area contributed by atoms with Crippen LogP contribution in [0.25, 0.3) is 0 Å². The highest BCUT2D eigenvalue weighted by Gasteiger charge is 2.16. The highest BCUT2D eigenvalue weighted by atomic mass is 16.5. The fourth-order valence-corrected chi connectivity index (χ4v) is 5.05. The maximum absolute atomic E-state index is 12.7. The lowest BCUT2D eigenvalue weighted by molar-refractivity contribution is 0.288. The van der Waals surface area contributed by atoms with Crippen molar-refractivity contribution in [2.24, 2.45) is 0 Å². The molecule has 0 atom stereocenters. The van der Waals surface area contributed by atoms with E-state index < -0.39 is 0 Å². The normalized spacial score (nSPS) is 9.37. The van der Waals surface area contributed by atoms with Gasteiger partial charge in [-0.15, -0.1) is 0 Å². The molecule has 6 rings (SSSR count). The van der Waals surface area contributed by atoms with Crippen LogP contribution in [0.2, 0.25) is 0 Å². The number of nitriles is 1. The molecule has 0 aliphatic heterocycles. The molecule has 4 aromatic carbocycles. The van der Waals surface area contributed by atoms with Gasteiger partial charge in [-0.1, -0.05) is 177 Å². The number of nitrogens with zero attached hydrogens (tertiary/aromatic N) is 5. The number of hydrogen-bond donors (Lipinski definition) is 0. The molecule has 0 amide bonds. The molecule has 2 aromatic heterocycles. The zero-order valence-corrected chi connectivity index (χ0v) is 35.7. The van der Waals surface area contributed by atoms with Crippen molar-refractivity contribution >= 4 is 0 Å². The van der Waals surface area contributed by atoms with E-state index in [1.165, 1.54) is 4.57 Å². The summed E-state index contributed by atoms with van der Waals surface area (Å²) in [6.45, 7) is 22.8. The number of aryl methyl sites for hydroxylation is 1. The number of rotatable bonds is 10. The Labute approximate surface area is 340 Å². The lowest BCUT2D eigenvalue weighted by Crippen LogP contribution is -2.27. The van der Waals surface area contributed by atoms with Crippen molar-refractivity contribution < 1.29 is 9.47 Å². The fraction of sp³-hybridized carbons (Fsp3) is 0.312. The van der Waals surface area contributed by atoms with Crippen LogP contribution in [0.5, 0.6) is 11.8 Å². The average Bonchev–Trinajstić information content (AvgIpc) is 3.29. The summed E-state index contributed by atoms with van der Waals surface area (Å²) in [5.74, 6) is 1.31. The number of benzene rings is 4. The van der Waals surface area contributed by atoms with Crippen LogP contribution in [0.4, 0.5) is 0 Å². The topological polar surface area (TPSA) is 112 Å². The van der Waals surface area contributed by atoms with E-state index >= 15 is 0 Å². The van der Waals surface area contributed by atoms with Crippen molar-refractivity contribution in [2.75, 3.05) is 0 Å². The van der Waals surface area contributed by atoms with Crippen molar-refractivity contribution in [3.8, 4) is 17.8 Å². The molecular weight excluding hydrogens is 711 g/mol. The van der Waals surface area contributed by atoms with Gasteiger partial charge in [-0.05, 0) is 43.0 Å². The van der Waals surface area contributed by atoms with E-state index in [0.29, 0.717) is 49.1 Å². The molecule has 0 radical (unpaired) electrons. The molecule has 0 spiro atoms. The minimum atomic E-state index is -0.265. The van der Waals surface area contributed by atoms with Gasteiger partial charge in [-0.3, -0.25) is 18.7 Å². The summed E-state index contributed by atoms with van der Waals surface area (Å²) in [5.41, 5.74) is 4.62. The first-order valence-electron chi connectivity index (χ1n) is 19.8. The quantitative estimate of drug-likeness (QED) is 0.136. The first kappa shape index (κ1) is 48.7. The van der Waals surface area contributed by atoms with Crippen molar-refractivity contribution in [2.45, 2.75) is 102 Å². The SMILES string of the molecule is CC.CC.CC.CC.Cc1c(OCc2ccccc2)nc(C#N)n(Cc2ccccc2)c1=O.Cc1c(OCc2ccccc2)nc(C)n(Cc2ccccc2)c1=O. The van der Waals surface area contributed by atoms with E-state index in [1.54, 1.807) is 18.4 Å². The zero-order chi connectivity index (χ0) is 42.6. The Bertz CT molecular complexity index is 2140. The molecule has 0 aliphatic carbocycles. The summed E-state index contributed by atoms with van der Waals surface area (Å²) in [6.07, 6.45) is 0. The molecular formula is C48H61N5O4. The molecule has 2 heterocycles. The molecule has 0 saturated heterocycles. The Balaban J connectivity index is 0.000000486. The van der Waals surface area contributed by atoms with Gasteiger partial charge in [-0.25, -0.2) is 0 Å². The second kappa shape index (κ2) is 28.2. The summed E-state index contributed by atoms with van der Waals surface area (Å²) in [7, 11) is 0. The van der Waals surface area contributed by atoms with Gasteiger partial charge in [0.25, 0.3) is 11.1 Å². The Morgan fingerprint density at radius 1 is 0.491 bits per heavy atom. The third-order valence-electron chi connectivity index (χ3n) is 7.79. The summed E-state index contributed by atoms with van der Waals surface area (Å²) >= 11 is 0. The van der Waals surface area contributed by atoms with Gasteiger partial charge in [0.05, 0.1) is 24.2 Å². The third-order valence-corrected chi connectivity index (χ3v) is 7.79. The van der Waals surface area contributed by atoms with Crippen LogP contribution >= 0.6 is 0 Å². The molecule has 0 unspecified atom stereocenters. The van der Waals surface area contributed by atoms with E-state index in [1.807, 2.05) is 190 Å². The molecule has 0 N–H and O–H groups in total. The smallest absolute Gasteiger partial charge is 0.261 e. The molecule has 0 aliphatic rings. The van der Waals surface area contributed by atoms with Gasteiger partial charge in [0, 0.05) is 0 Å². The van der Waals surface area contributed by atoms with Crippen LogP contribution in [0.15, 0.2) is 131 Å². The molecule has 9 nitrogen and oxygen atoms in total. The van der Waals surface area contributed by atoms with Gasteiger partial charge in [0.15, 0.2) is 0 Å². The van der Waals surface area contributed by atoms with Gasteiger partial charge in [-0.2, -0.15) is 15.2 Å². The van der Waals surface area contributed by atoms with Crippen LogP contribution < -0.4 is 20.6 Å². The molecule has 9 heteroatoms. The monoisotopic (exact) mass is 771 g/mol. The van der Waals surface area contributed by atoms with Gasteiger partial charge in [0.1, 0.15) is 25.1 Å². The van der Waals surface area contributed by atoms with Gasteiger partial charge in [0.2, 0.25) is 17.6 Å². The largest absolute Gasteiger partial charge is 0.472 e. The second-order valence-corrected chi connectivity index (χ2v) is 11.4. The molecule has 0 saturated carbocycles. The van der Waals surface area contributed by atoms with Crippen LogP contribution in [0, 0.1) is 32.1 Å². The van der Waals surface area contributed by atoms with Gasteiger partial charge >= 0.3 is 0 Å². The minimum Gasteiger partial charge on any atom is -0.472 e.